The zero-order chi connectivity index (χ0) is 17.5. The highest BCUT2D eigenvalue weighted by Crippen LogP contribution is 2.20. The lowest BCUT2D eigenvalue weighted by Gasteiger charge is -2.21. The zero-order valence-corrected chi connectivity index (χ0v) is 13.0. The lowest BCUT2D eigenvalue weighted by Crippen LogP contribution is -2.32. The molecule has 124 valence electrons. The van der Waals surface area contributed by atoms with Gasteiger partial charge in [-0.05, 0) is 24.3 Å². The van der Waals surface area contributed by atoms with E-state index in [1.165, 1.54) is 35.6 Å². The molecule has 24 heavy (non-hydrogen) atoms. The predicted octanol–water partition coefficient (Wildman–Crippen LogP) is 3.49. The largest absolute Gasteiger partial charge is 0.472 e. The highest BCUT2D eigenvalue weighted by Gasteiger charge is 2.19. The fraction of sp³-hybridized carbons (Fsp3) is 0.111. The third kappa shape index (κ3) is 3.98. The van der Waals surface area contributed by atoms with E-state index in [2.05, 4.69) is 18.5 Å². The number of hydrogen-bond acceptors (Lipinski definition) is 3. The van der Waals surface area contributed by atoms with Gasteiger partial charge in [-0.2, -0.15) is 0 Å². The van der Waals surface area contributed by atoms with Gasteiger partial charge in [0.2, 0.25) is 0 Å². The number of amides is 2. The van der Waals surface area contributed by atoms with Gasteiger partial charge < -0.3 is 14.6 Å². The molecule has 2 rings (SSSR count). The van der Waals surface area contributed by atoms with E-state index in [1.807, 2.05) is 0 Å². The average molecular weight is 328 g/mol. The number of furan rings is 1. The Balaban J connectivity index is 2.32. The molecule has 0 aliphatic heterocycles. The molecule has 1 N–H and O–H groups in total. The van der Waals surface area contributed by atoms with Crippen molar-refractivity contribution in [1.82, 2.24) is 4.90 Å². The first kappa shape index (κ1) is 17.2. The molecule has 0 atom stereocenters. The first-order chi connectivity index (χ1) is 11.6. The summed E-state index contributed by atoms with van der Waals surface area (Å²) in [5.74, 6) is -1.42. The second kappa shape index (κ2) is 7.92. The fourth-order valence-corrected chi connectivity index (χ4v) is 2.12. The van der Waals surface area contributed by atoms with Crippen LogP contribution in [0.15, 0.2) is 66.5 Å². The van der Waals surface area contributed by atoms with Crippen molar-refractivity contribution in [2.45, 2.75) is 0 Å². The van der Waals surface area contributed by atoms with Crippen LogP contribution in [0.3, 0.4) is 0 Å². The number of rotatable bonds is 7. The normalized spacial score (nSPS) is 10.0. The first-order valence-corrected chi connectivity index (χ1v) is 7.21. The summed E-state index contributed by atoms with van der Waals surface area (Å²) in [7, 11) is 0. The molecular weight excluding hydrogens is 311 g/mol. The zero-order valence-electron chi connectivity index (χ0n) is 13.0. The molecule has 2 aromatic rings. The lowest BCUT2D eigenvalue weighted by molar-refractivity contribution is 0.0792. The molecule has 0 saturated heterocycles. The van der Waals surface area contributed by atoms with Crippen molar-refractivity contribution in [3.05, 3.63) is 79.0 Å². The third-order valence-corrected chi connectivity index (χ3v) is 3.23. The van der Waals surface area contributed by atoms with Gasteiger partial charge in [-0.25, -0.2) is 4.39 Å². The van der Waals surface area contributed by atoms with E-state index in [9.17, 15) is 14.0 Å². The van der Waals surface area contributed by atoms with E-state index in [0.29, 0.717) is 13.1 Å². The van der Waals surface area contributed by atoms with Crippen LogP contribution in [-0.4, -0.2) is 29.8 Å². The Kier molecular flexibility index (Phi) is 5.68. The Morgan fingerprint density at radius 3 is 2.50 bits per heavy atom. The maximum Gasteiger partial charge on any atom is 0.258 e. The second-order valence-electron chi connectivity index (χ2n) is 4.94. The summed E-state index contributed by atoms with van der Waals surface area (Å²) in [6.45, 7) is 7.82. The van der Waals surface area contributed by atoms with Crippen LogP contribution in [0.25, 0.3) is 0 Å². The Labute approximate surface area is 139 Å². The van der Waals surface area contributed by atoms with Crippen LogP contribution < -0.4 is 5.32 Å². The Morgan fingerprint density at radius 1 is 1.21 bits per heavy atom. The quantitative estimate of drug-likeness (QED) is 0.792. The molecule has 6 heteroatoms. The molecule has 0 fully saturated rings. The number of benzene rings is 1. The molecule has 0 unspecified atom stereocenters. The van der Waals surface area contributed by atoms with Crippen molar-refractivity contribution < 1.29 is 18.4 Å². The summed E-state index contributed by atoms with van der Waals surface area (Å²) in [6, 6.07) is 5.08. The Hall–Kier alpha value is -3.15. The van der Waals surface area contributed by atoms with Gasteiger partial charge in [0, 0.05) is 13.1 Å². The maximum absolute atomic E-state index is 13.6. The van der Waals surface area contributed by atoms with Crippen LogP contribution in [-0.2, 0) is 0 Å². The monoisotopic (exact) mass is 328 g/mol. The number of nitrogens with one attached hydrogen (secondary N) is 1. The van der Waals surface area contributed by atoms with Crippen molar-refractivity contribution in [3.63, 3.8) is 0 Å². The smallest absolute Gasteiger partial charge is 0.258 e. The van der Waals surface area contributed by atoms with Gasteiger partial charge in [0.15, 0.2) is 0 Å². The van der Waals surface area contributed by atoms with Crippen molar-refractivity contribution in [2.24, 2.45) is 0 Å². The summed E-state index contributed by atoms with van der Waals surface area (Å²) < 4.78 is 18.4. The minimum atomic E-state index is -0.562. The molecule has 1 aromatic carbocycles. The van der Waals surface area contributed by atoms with Crippen LogP contribution in [0.5, 0.6) is 0 Å². The number of hydrogen-bond donors (Lipinski definition) is 1. The number of carbonyl (C=O) groups excluding carboxylic acids is 2. The van der Waals surface area contributed by atoms with Crippen molar-refractivity contribution in [1.29, 1.82) is 0 Å². The molecule has 0 aliphatic rings. The minimum absolute atomic E-state index is 0.0873. The molecule has 0 saturated carbocycles. The van der Waals surface area contributed by atoms with Gasteiger partial charge in [-0.3, -0.25) is 9.59 Å². The summed E-state index contributed by atoms with van der Waals surface area (Å²) >= 11 is 0. The molecule has 0 radical (unpaired) electrons. The fourth-order valence-electron chi connectivity index (χ4n) is 2.12. The summed E-state index contributed by atoms with van der Waals surface area (Å²) in [6.07, 6.45) is 5.77. The van der Waals surface area contributed by atoms with E-state index in [1.54, 1.807) is 12.2 Å². The van der Waals surface area contributed by atoms with E-state index >= 15 is 0 Å². The SMILES string of the molecule is C=CCN(CC=C)C(=O)c1ccc(F)cc1NC(=O)c1ccoc1. The van der Waals surface area contributed by atoms with Crippen molar-refractivity contribution >= 4 is 17.5 Å². The molecule has 0 aliphatic carbocycles. The molecular formula is C18H17FN2O3. The molecule has 2 amide bonds. The van der Waals surface area contributed by atoms with Gasteiger partial charge in [0.1, 0.15) is 12.1 Å². The van der Waals surface area contributed by atoms with Crippen LogP contribution in [0, 0.1) is 5.82 Å². The number of nitrogens with zero attached hydrogens (tertiary/aromatic N) is 1. The average Bonchev–Trinajstić information content (AvgIpc) is 3.09. The lowest BCUT2D eigenvalue weighted by atomic mass is 10.1. The molecule has 0 bridgehead atoms. The summed E-state index contributed by atoms with van der Waals surface area (Å²) in [4.78, 5) is 26.3. The standard InChI is InChI=1S/C18H17FN2O3/c1-3-8-21(9-4-2)18(23)15-6-5-14(19)11-16(15)20-17(22)13-7-10-24-12-13/h3-7,10-12H,1-2,8-9H2,(H,20,22). The van der Waals surface area contributed by atoms with Gasteiger partial charge in [0.05, 0.1) is 23.1 Å². The predicted molar refractivity (Wildman–Crippen MR) is 89.4 cm³/mol. The second-order valence-corrected chi connectivity index (χ2v) is 4.94. The number of anilines is 1. The molecule has 0 spiro atoms. The summed E-state index contributed by atoms with van der Waals surface area (Å²) in [5.41, 5.74) is 0.535. The van der Waals surface area contributed by atoms with Gasteiger partial charge in [0.25, 0.3) is 11.8 Å². The van der Waals surface area contributed by atoms with E-state index in [0.717, 1.165) is 6.07 Å². The maximum atomic E-state index is 13.6. The minimum Gasteiger partial charge on any atom is -0.472 e. The number of carbonyl (C=O) groups is 2. The van der Waals surface area contributed by atoms with E-state index in [4.69, 9.17) is 4.42 Å². The summed E-state index contributed by atoms with van der Waals surface area (Å²) in [5, 5.41) is 2.54. The highest BCUT2D eigenvalue weighted by molar-refractivity contribution is 6.08. The highest BCUT2D eigenvalue weighted by atomic mass is 19.1. The van der Waals surface area contributed by atoms with Crippen LogP contribution >= 0.6 is 0 Å². The first-order valence-electron chi connectivity index (χ1n) is 7.21. The van der Waals surface area contributed by atoms with Gasteiger partial charge in [-0.15, -0.1) is 13.2 Å². The van der Waals surface area contributed by atoms with Crippen LogP contribution in [0.2, 0.25) is 0 Å². The van der Waals surface area contributed by atoms with Crippen molar-refractivity contribution in [3.8, 4) is 0 Å². The van der Waals surface area contributed by atoms with Crippen LogP contribution in [0.1, 0.15) is 20.7 Å². The molecule has 1 aromatic heterocycles. The molecule has 5 nitrogen and oxygen atoms in total. The van der Waals surface area contributed by atoms with Gasteiger partial charge >= 0.3 is 0 Å². The van der Waals surface area contributed by atoms with E-state index < -0.39 is 11.7 Å². The molecule has 1 heterocycles. The Morgan fingerprint density at radius 2 is 1.92 bits per heavy atom. The van der Waals surface area contributed by atoms with Crippen LogP contribution in [0.4, 0.5) is 10.1 Å². The topological polar surface area (TPSA) is 62.6 Å². The number of halogens is 1. The van der Waals surface area contributed by atoms with Crippen molar-refractivity contribution in [2.75, 3.05) is 18.4 Å². The van der Waals surface area contributed by atoms with Gasteiger partial charge in [-0.1, -0.05) is 12.2 Å². The third-order valence-electron chi connectivity index (χ3n) is 3.23. The Bertz CT molecular complexity index is 744. The van der Waals surface area contributed by atoms with E-state index in [-0.39, 0.29) is 22.7 Å².